The maximum Gasteiger partial charge on any atom is 0.273 e. The van der Waals surface area contributed by atoms with Crippen LogP contribution in [0.2, 0.25) is 0 Å². The molecule has 1 aliphatic heterocycles. The smallest absolute Gasteiger partial charge is 0.273 e. The lowest BCUT2D eigenvalue weighted by atomic mass is 10.2. The van der Waals surface area contributed by atoms with Crippen LogP contribution in [-0.2, 0) is 0 Å². The number of thiazole rings is 1. The molecule has 0 saturated carbocycles. The molecular formula is C9H14N2OS2. The molecule has 1 fully saturated rings. The standard InChI is InChI=1S/C9H14N2OS2/c1-2-12-9-11-8(6-14-9)7-5-13-4-3-10-7/h6-7,10H,2-5H2,1H3. The lowest BCUT2D eigenvalue weighted by molar-refractivity contribution is 0.336. The third-order valence-corrected chi connectivity index (χ3v) is 3.88. The van der Waals surface area contributed by atoms with Gasteiger partial charge in [-0.1, -0.05) is 11.3 Å². The van der Waals surface area contributed by atoms with E-state index in [0.717, 1.165) is 23.2 Å². The first-order valence-electron chi connectivity index (χ1n) is 4.79. The lowest BCUT2D eigenvalue weighted by Gasteiger charge is -2.21. The highest BCUT2D eigenvalue weighted by Gasteiger charge is 2.17. The molecule has 0 aliphatic carbocycles. The molecule has 0 bridgehead atoms. The van der Waals surface area contributed by atoms with Crippen molar-refractivity contribution in [3.8, 4) is 5.19 Å². The minimum absolute atomic E-state index is 0.416. The topological polar surface area (TPSA) is 34.1 Å². The summed E-state index contributed by atoms with van der Waals surface area (Å²) in [6, 6.07) is 0.416. The van der Waals surface area contributed by atoms with Gasteiger partial charge in [0.1, 0.15) is 0 Å². The number of aromatic nitrogens is 1. The Morgan fingerprint density at radius 2 is 2.64 bits per heavy atom. The fraction of sp³-hybridized carbons (Fsp3) is 0.667. The summed E-state index contributed by atoms with van der Waals surface area (Å²) in [6.07, 6.45) is 0. The van der Waals surface area contributed by atoms with Gasteiger partial charge in [-0.05, 0) is 6.92 Å². The van der Waals surface area contributed by atoms with Gasteiger partial charge < -0.3 is 10.1 Å². The van der Waals surface area contributed by atoms with Crippen LogP contribution < -0.4 is 10.1 Å². The van der Waals surface area contributed by atoms with Gasteiger partial charge in [-0.15, -0.1) is 0 Å². The van der Waals surface area contributed by atoms with Crippen molar-refractivity contribution in [2.75, 3.05) is 24.7 Å². The molecule has 0 amide bonds. The molecule has 1 aromatic rings. The van der Waals surface area contributed by atoms with E-state index in [1.807, 2.05) is 18.7 Å². The molecule has 0 spiro atoms. The quantitative estimate of drug-likeness (QED) is 0.860. The van der Waals surface area contributed by atoms with Crippen molar-refractivity contribution in [1.29, 1.82) is 0 Å². The highest BCUT2D eigenvalue weighted by molar-refractivity contribution is 7.99. The normalized spacial score (nSPS) is 22.2. The largest absolute Gasteiger partial charge is 0.470 e. The van der Waals surface area contributed by atoms with Crippen molar-refractivity contribution in [1.82, 2.24) is 10.3 Å². The SMILES string of the molecule is CCOc1nc(C2CSCCN2)cs1. The van der Waals surface area contributed by atoms with Gasteiger partial charge in [0, 0.05) is 23.4 Å². The molecule has 14 heavy (non-hydrogen) atoms. The highest BCUT2D eigenvalue weighted by Crippen LogP contribution is 2.26. The van der Waals surface area contributed by atoms with Gasteiger partial charge in [-0.25, -0.2) is 4.98 Å². The molecule has 1 aromatic heterocycles. The second kappa shape index (κ2) is 5.00. The number of ether oxygens (including phenoxy) is 1. The van der Waals surface area contributed by atoms with E-state index in [9.17, 15) is 0 Å². The molecule has 2 heterocycles. The fourth-order valence-electron chi connectivity index (χ4n) is 1.37. The Kier molecular flexibility index (Phi) is 3.67. The Morgan fingerprint density at radius 1 is 1.71 bits per heavy atom. The van der Waals surface area contributed by atoms with Crippen LogP contribution in [0, 0.1) is 0 Å². The predicted octanol–water partition coefficient (Wildman–Crippen LogP) is 1.92. The van der Waals surface area contributed by atoms with E-state index in [1.165, 1.54) is 5.75 Å². The summed E-state index contributed by atoms with van der Waals surface area (Å²) >= 11 is 3.57. The van der Waals surface area contributed by atoms with Gasteiger partial charge in [0.05, 0.1) is 18.3 Å². The Morgan fingerprint density at radius 3 is 3.36 bits per heavy atom. The summed E-state index contributed by atoms with van der Waals surface area (Å²) in [5.41, 5.74) is 1.13. The van der Waals surface area contributed by atoms with E-state index >= 15 is 0 Å². The van der Waals surface area contributed by atoms with Crippen LogP contribution in [-0.4, -0.2) is 29.6 Å². The second-order valence-corrected chi connectivity index (χ2v) is 5.02. The van der Waals surface area contributed by atoms with Crippen LogP contribution in [0.25, 0.3) is 0 Å². The monoisotopic (exact) mass is 230 g/mol. The van der Waals surface area contributed by atoms with Crippen LogP contribution in [0.4, 0.5) is 0 Å². The maximum absolute atomic E-state index is 5.35. The summed E-state index contributed by atoms with van der Waals surface area (Å²) in [7, 11) is 0. The zero-order valence-corrected chi connectivity index (χ0v) is 9.79. The number of thioether (sulfide) groups is 1. The van der Waals surface area contributed by atoms with Crippen LogP contribution in [0.1, 0.15) is 18.7 Å². The van der Waals surface area contributed by atoms with Crippen molar-refractivity contribution >= 4 is 23.1 Å². The number of hydrogen-bond donors (Lipinski definition) is 1. The summed E-state index contributed by atoms with van der Waals surface area (Å²) in [6.45, 7) is 3.76. The number of nitrogens with zero attached hydrogens (tertiary/aromatic N) is 1. The Hall–Kier alpha value is -0.260. The number of nitrogens with one attached hydrogen (secondary N) is 1. The van der Waals surface area contributed by atoms with E-state index in [4.69, 9.17) is 4.74 Å². The molecule has 2 rings (SSSR count). The third-order valence-electron chi connectivity index (χ3n) is 2.05. The van der Waals surface area contributed by atoms with Crippen molar-refractivity contribution in [2.45, 2.75) is 13.0 Å². The molecule has 1 atom stereocenters. The highest BCUT2D eigenvalue weighted by atomic mass is 32.2. The zero-order chi connectivity index (χ0) is 9.80. The van der Waals surface area contributed by atoms with Gasteiger partial charge in [-0.2, -0.15) is 11.8 Å². The summed E-state index contributed by atoms with van der Waals surface area (Å²) in [4.78, 5) is 4.44. The zero-order valence-electron chi connectivity index (χ0n) is 8.16. The van der Waals surface area contributed by atoms with Crippen molar-refractivity contribution in [2.24, 2.45) is 0 Å². The third kappa shape index (κ3) is 2.40. The van der Waals surface area contributed by atoms with Crippen molar-refractivity contribution in [3.05, 3.63) is 11.1 Å². The van der Waals surface area contributed by atoms with E-state index in [1.54, 1.807) is 11.3 Å². The van der Waals surface area contributed by atoms with Crippen LogP contribution in [0.5, 0.6) is 5.19 Å². The Bertz CT molecular complexity index is 284. The molecule has 1 N–H and O–H groups in total. The van der Waals surface area contributed by atoms with Crippen LogP contribution in [0.3, 0.4) is 0 Å². The van der Waals surface area contributed by atoms with Gasteiger partial charge in [0.15, 0.2) is 0 Å². The fourth-order valence-corrected chi connectivity index (χ4v) is 3.11. The average molecular weight is 230 g/mol. The lowest BCUT2D eigenvalue weighted by Crippen LogP contribution is -2.30. The number of hydrogen-bond acceptors (Lipinski definition) is 5. The molecular weight excluding hydrogens is 216 g/mol. The van der Waals surface area contributed by atoms with E-state index in [0.29, 0.717) is 12.6 Å². The molecule has 0 aromatic carbocycles. The summed E-state index contributed by atoms with van der Waals surface area (Å²) < 4.78 is 5.35. The average Bonchev–Trinajstić information content (AvgIpc) is 2.68. The van der Waals surface area contributed by atoms with E-state index < -0.39 is 0 Å². The van der Waals surface area contributed by atoms with E-state index in [-0.39, 0.29) is 0 Å². The molecule has 0 radical (unpaired) electrons. The second-order valence-electron chi connectivity index (χ2n) is 3.05. The molecule has 1 saturated heterocycles. The maximum atomic E-state index is 5.35. The van der Waals surface area contributed by atoms with Crippen LogP contribution >= 0.6 is 23.1 Å². The predicted molar refractivity (Wildman–Crippen MR) is 61.4 cm³/mol. The first-order valence-corrected chi connectivity index (χ1v) is 6.83. The van der Waals surface area contributed by atoms with Gasteiger partial charge in [-0.3, -0.25) is 0 Å². The van der Waals surface area contributed by atoms with Crippen molar-refractivity contribution < 1.29 is 4.74 Å². The summed E-state index contributed by atoms with van der Waals surface area (Å²) in [5, 5.41) is 6.34. The van der Waals surface area contributed by atoms with Gasteiger partial charge in [0.25, 0.3) is 5.19 Å². The molecule has 78 valence electrons. The summed E-state index contributed by atoms with van der Waals surface area (Å²) in [5.74, 6) is 2.33. The Labute approximate surface area is 92.3 Å². The van der Waals surface area contributed by atoms with Gasteiger partial charge in [0.2, 0.25) is 0 Å². The first-order chi connectivity index (χ1) is 6.90. The first kappa shape index (κ1) is 10.3. The minimum Gasteiger partial charge on any atom is -0.470 e. The molecule has 1 unspecified atom stereocenters. The molecule has 1 aliphatic rings. The van der Waals surface area contributed by atoms with E-state index in [2.05, 4.69) is 15.7 Å². The minimum atomic E-state index is 0.416. The molecule has 5 heteroatoms. The molecule has 3 nitrogen and oxygen atoms in total. The number of rotatable bonds is 3. The van der Waals surface area contributed by atoms with Gasteiger partial charge >= 0.3 is 0 Å². The van der Waals surface area contributed by atoms with Crippen molar-refractivity contribution in [3.63, 3.8) is 0 Å². The van der Waals surface area contributed by atoms with Crippen LogP contribution in [0.15, 0.2) is 5.38 Å². The Balaban J connectivity index is 2.00.